The molecule has 0 bridgehead atoms. The summed E-state index contributed by atoms with van der Waals surface area (Å²) in [4.78, 5) is 73.2. The van der Waals surface area contributed by atoms with Crippen molar-refractivity contribution in [1.82, 2.24) is 41.7 Å². The minimum atomic E-state index is -1.20. The summed E-state index contributed by atoms with van der Waals surface area (Å²) in [5, 5.41) is 25.6. The first kappa shape index (κ1) is 58.6. The van der Waals surface area contributed by atoms with Crippen molar-refractivity contribution in [3.05, 3.63) is 154 Å². The molecule has 9 N–H and O–H groups in total. The number of carbonyl (C=O) groups excluding carboxylic acids is 5. The van der Waals surface area contributed by atoms with E-state index < -0.39 is 65.5 Å². The van der Waals surface area contributed by atoms with Gasteiger partial charge in [0.15, 0.2) is 5.96 Å². The summed E-state index contributed by atoms with van der Waals surface area (Å²) in [6.07, 6.45) is 3.67. The van der Waals surface area contributed by atoms with E-state index in [1.807, 2.05) is 77.7 Å². The van der Waals surface area contributed by atoms with Gasteiger partial charge in [-0.3, -0.25) is 29.6 Å². The number of carbonyl (C=O) groups is 5. The smallest absolute Gasteiger partial charge is 0.407 e. The van der Waals surface area contributed by atoms with Crippen LogP contribution in [0.15, 0.2) is 114 Å². The van der Waals surface area contributed by atoms with Crippen LogP contribution in [0.2, 0.25) is 0 Å². The van der Waals surface area contributed by atoms with Crippen molar-refractivity contribution in [3.8, 4) is 22.6 Å². The molecular formula is C59H72F2N10O8. The lowest BCUT2D eigenvalue weighted by Gasteiger charge is -2.29. The van der Waals surface area contributed by atoms with E-state index in [4.69, 9.17) is 15.2 Å². The van der Waals surface area contributed by atoms with Gasteiger partial charge in [0.05, 0.1) is 6.61 Å². The summed E-state index contributed by atoms with van der Waals surface area (Å²) in [5.41, 5.74) is 13.0. The van der Waals surface area contributed by atoms with Crippen LogP contribution in [-0.2, 0) is 38.8 Å². The van der Waals surface area contributed by atoms with Gasteiger partial charge in [-0.25, -0.2) is 18.4 Å². The predicted molar refractivity (Wildman–Crippen MR) is 297 cm³/mol. The van der Waals surface area contributed by atoms with Crippen LogP contribution in [0.3, 0.4) is 0 Å². The fraction of sp³-hybridized carbons (Fsp3) is 0.390. The number of nitrogens with one attached hydrogen (secondary N) is 6. The Bertz CT molecular complexity index is 2810. The van der Waals surface area contributed by atoms with E-state index in [1.165, 1.54) is 22.3 Å². The van der Waals surface area contributed by atoms with Gasteiger partial charge < -0.3 is 51.8 Å². The SMILES string of the molecule is CCC(=O)NCCNC(=O)NC(N)=NCCC[C@@H](NC(=O)[C@H](c1ccc(OCCCN(C)CCCCCNC(=O)OCC2c3ccccc3-c3ccccc32)cc1)N1Cc2ccccc2C1)C(=O)NCc1c(F)cc(O)cc1F. The minimum absolute atomic E-state index is 0.0191. The molecule has 1 aliphatic carbocycles. The molecule has 0 radical (unpaired) electrons. The predicted octanol–water partition coefficient (Wildman–Crippen LogP) is 6.86. The van der Waals surface area contributed by atoms with Crippen LogP contribution in [0, 0.1) is 11.6 Å². The summed E-state index contributed by atoms with van der Waals surface area (Å²) in [6, 6.07) is 30.4. The maximum Gasteiger partial charge on any atom is 0.407 e. The van der Waals surface area contributed by atoms with Crippen LogP contribution in [0.5, 0.6) is 11.5 Å². The first-order chi connectivity index (χ1) is 38.3. The Morgan fingerprint density at radius 2 is 1.39 bits per heavy atom. The van der Waals surface area contributed by atoms with Gasteiger partial charge in [-0.2, -0.15) is 0 Å². The number of fused-ring (bicyclic) bond motifs is 4. The zero-order valence-corrected chi connectivity index (χ0v) is 44.8. The van der Waals surface area contributed by atoms with Crippen LogP contribution in [-0.4, -0.2) is 116 Å². The van der Waals surface area contributed by atoms with E-state index in [0.29, 0.717) is 44.0 Å². The Balaban J connectivity index is 0.877. The standard InChI is InChI=1S/C59H72F2N10O8/c1-3-53(73)63-28-29-65-58(76)69-57(62)64-27-13-21-52(55(74)67-35-48-50(60)33-42(72)34-51(48)61)68-56(75)54(71-36-40-15-5-6-16-41(40)37-71)39-22-24-43(25-23-39)78-32-14-31-70(2)30-12-4-11-26-66-59(77)79-38-49-46-19-9-7-17-44(46)45-18-8-10-20-47(45)49/h5-10,15-20,22-25,33-34,49,52,54,72H,3-4,11-14,21,26-32,35-38H2,1-2H3,(H,63,73)(H,66,77)(H,67,74)(H,68,75)(H4,62,64,65,69,76)/t52-,54+/m1/s1. The lowest BCUT2D eigenvalue weighted by molar-refractivity contribution is -0.132. The molecule has 0 spiro atoms. The molecule has 420 valence electrons. The number of hydrogen-bond donors (Lipinski definition) is 8. The number of aliphatic imine (C=N–C) groups is 1. The number of phenols is 1. The maximum absolute atomic E-state index is 14.7. The molecule has 79 heavy (non-hydrogen) atoms. The van der Waals surface area contributed by atoms with Crippen molar-refractivity contribution in [2.45, 2.75) is 89.5 Å². The average molecular weight is 1090 g/mol. The summed E-state index contributed by atoms with van der Waals surface area (Å²) in [6.45, 7) is 5.47. The number of benzene rings is 5. The van der Waals surface area contributed by atoms with Crippen molar-refractivity contribution in [2.24, 2.45) is 10.7 Å². The molecule has 1 heterocycles. The number of nitrogens with two attached hydrogens (primary N) is 1. The molecule has 1 aliphatic heterocycles. The molecule has 0 aromatic heterocycles. The Morgan fingerprint density at radius 3 is 2.06 bits per heavy atom. The number of nitrogens with zero attached hydrogens (tertiary/aromatic N) is 3. The number of urea groups is 1. The van der Waals surface area contributed by atoms with Crippen LogP contribution in [0.1, 0.15) is 97.2 Å². The number of unbranched alkanes of at least 4 members (excludes halogenated alkanes) is 2. The van der Waals surface area contributed by atoms with E-state index in [9.17, 15) is 37.9 Å². The van der Waals surface area contributed by atoms with E-state index in [0.717, 1.165) is 62.0 Å². The number of halogens is 2. The Morgan fingerprint density at radius 1 is 0.759 bits per heavy atom. The molecule has 2 atom stereocenters. The first-order valence-corrected chi connectivity index (χ1v) is 26.9. The van der Waals surface area contributed by atoms with Crippen LogP contribution in [0.25, 0.3) is 11.1 Å². The molecule has 0 fully saturated rings. The number of phenolic OH excluding ortho intramolecular Hbond substituents is 1. The van der Waals surface area contributed by atoms with Crippen LogP contribution >= 0.6 is 0 Å². The highest BCUT2D eigenvalue weighted by atomic mass is 19.1. The van der Waals surface area contributed by atoms with Crippen LogP contribution < -0.4 is 42.4 Å². The topological polar surface area (TPSA) is 241 Å². The van der Waals surface area contributed by atoms with E-state index in [-0.39, 0.29) is 56.9 Å². The highest BCUT2D eigenvalue weighted by Crippen LogP contribution is 2.44. The minimum Gasteiger partial charge on any atom is -0.508 e. The van der Waals surface area contributed by atoms with Gasteiger partial charge in [0, 0.05) is 82.4 Å². The van der Waals surface area contributed by atoms with Gasteiger partial charge in [0.25, 0.3) is 0 Å². The Hall–Kier alpha value is -8.10. The third-order valence-corrected chi connectivity index (χ3v) is 13.9. The molecule has 18 nitrogen and oxygen atoms in total. The third kappa shape index (κ3) is 17.2. The Labute approximate surface area is 459 Å². The van der Waals surface area contributed by atoms with Crippen molar-refractivity contribution in [1.29, 1.82) is 0 Å². The lowest BCUT2D eigenvalue weighted by atomic mass is 9.98. The molecule has 20 heteroatoms. The van der Waals surface area contributed by atoms with Crippen molar-refractivity contribution >= 4 is 35.8 Å². The monoisotopic (exact) mass is 1090 g/mol. The summed E-state index contributed by atoms with van der Waals surface area (Å²) in [5.74, 6) is -3.64. The van der Waals surface area contributed by atoms with E-state index in [2.05, 4.69) is 73.1 Å². The normalized spacial score (nSPS) is 13.6. The van der Waals surface area contributed by atoms with Gasteiger partial charge in [-0.1, -0.05) is 98.3 Å². The van der Waals surface area contributed by atoms with E-state index in [1.54, 1.807) is 6.92 Å². The molecule has 2 aliphatic rings. The van der Waals surface area contributed by atoms with E-state index >= 15 is 0 Å². The van der Waals surface area contributed by atoms with Crippen molar-refractivity contribution in [3.63, 3.8) is 0 Å². The number of amides is 6. The summed E-state index contributed by atoms with van der Waals surface area (Å²) in [7, 11) is 2.07. The molecule has 5 aromatic rings. The molecule has 6 amide bonds. The maximum atomic E-state index is 14.7. The summed E-state index contributed by atoms with van der Waals surface area (Å²) >= 11 is 0. The lowest BCUT2D eigenvalue weighted by Crippen LogP contribution is -2.50. The van der Waals surface area contributed by atoms with Crippen molar-refractivity contribution < 1.29 is 47.3 Å². The van der Waals surface area contributed by atoms with Gasteiger partial charge in [-0.05, 0) is 96.8 Å². The molecule has 5 aromatic carbocycles. The number of guanidine groups is 1. The van der Waals surface area contributed by atoms with Gasteiger partial charge >= 0.3 is 12.1 Å². The number of hydrogen-bond acceptors (Lipinski definition) is 11. The molecule has 0 saturated carbocycles. The Kier molecular flexibility index (Phi) is 21.9. The second-order valence-electron chi connectivity index (χ2n) is 19.6. The number of ether oxygens (including phenoxy) is 2. The summed E-state index contributed by atoms with van der Waals surface area (Å²) < 4.78 is 41.2. The quantitative estimate of drug-likeness (QED) is 0.0146. The van der Waals surface area contributed by atoms with Gasteiger partial charge in [-0.15, -0.1) is 0 Å². The number of alkyl carbamates (subject to hydrolysis) is 1. The number of aromatic hydroxyl groups is 1. The highest BCUT2D eigenvalue weighted by molar-refractivity contribution is 5.95. The second-order valence-corrected chi connectivity index (χ2v) is 19.6. The zero-order chi connectivity index (χ0) is 56.1. The molecule has 7 rings (SSSR count). The van der Waals surface area contributed by atoms with Crippen LogP contribution in [0.4, 0.5) is 18.4 Å². The van der Waals surface area contributed by atoms with Crippen molar-refractivity contribution in [2.75, 3.05) is 59.5 Å². The molecule has 0 unspecified atom stereocenters. The largest absolute Gasteiger partial charge is 0.508 e. The second kappa shape index (κ2) is 29.6. The third-order valence-electron chi connectivity index (χ3n) is 13.9. The van der Waals surface area contributed by atoms with Gasteiger partial charge in [0.1, 0.15) is 41.8 Å². The highest BCUT2D eigenvalue weighted by Gasteiger charge is 2.35. The molecule has 0 saturated heterocycles. The van der Waals surface area contributed by atoms with Gasteiger partial charge in [0.2, 0.25) is 17.7 Å². The zero-order valence-electron chi connectivity index (χ0n) is 44.8. The fourth-order valence-corrected chi connectivity index (χ4v) is 9.75. The molecular weight excluding hydrogens is 1010 g/mol. The first-order valence-electron chi connectivity index (χ1n) is 26.9. The number of rotatable bonds is 28. The average Bonchev–Trinajstić information content (AvgIpc) is 4.21. The fourth-order valence-electron chi connectivity index (χ4n) is 9.75.